The van der Waals surface area contributed by atoms with Crippen molar-refractivity contribution in [2.75, 3.05) is 12.3 Å². The van der Waals surface area contributed by atoms with Crippen molar-refractivity contribution >= 4 is 31.6 Å². The summed E-state index contributed by atoms with van der Waals surface area (Å²) >= 11 is 3.29. The number of halogens is 1. The first kappa shape index (κ1) is 17.5. The van der Waals surface area contributed by atoms with E-state index in [1.165, 1.54) is 6.07 Å². The van der Waals surface area contributed by atoms with Crippen LogP contribution in [0, 0.1) is 12.8 Å². The molecule has 1 aromatic carbocycles. The fourth-order valence-corrected chi connectivity index (χ4v) is 3.71. The highest BCUT2D eigenvalue weighted by atomic mass is 79.9. The molecule has 0 heterocycles. The number of nitrogens with one attached hydrogen (secondary N) is 1. The number of hydrogen-bond acceptors (Lipinski definition) is 3. The van der Waals surface area contributed by atoms with E-state index in [1.54, 1.807) is 13.0 Å². The van der Waals surface area contributed by atoms with Gasteiger partial charge in [0.15, 0.2) is 0 Å². The highest BCUT2D eigenvalue weighted by molar-refractivity contribution is 9.10. The molecule has 0 atom stereocenters. The maximum atomic E-state index is 12.2. The Morgan fingerprint density at radius 2 is 1.95 bits per heavy atom. The summed E-state index contributed by atoms with van der Waals surface area (Å²) in [5, 5.41) is 0. The predicted molar refractivity (Wildman–Crippen MR) is 87.2 cm³/mol. The summed E-state index contributed by atoms with van der Waals surface area (Å²) in [5.74, 6) is 0.653. The Balaban J connectivity index is 2.68. The van der Waals surface area contributed by atoms with Crippen LogP contribution in [0.15, 0.2) is 21.5 Å². The van der Waals surface area contributed by atoms with Gasteiger partial charge in [-0.3, -0.25) is 0 Å². The van der Waals surface area contributed by atoms with Crippen molar-refractivity contribution in [3.63, 3.8) is 0 Å². The molecule has 0 spiro atoms. The molecule has 0 saturated carbocycles. The van der Waals surface area contributed by atoms with Gasteiger partial charge >= 0.3 is 0 Å². The Labute approximate surface area is 130 Å². The third-order valence-electron chi connectivity index (χ3n) is 3.08. The summed E-state index contributed by atoms with van der Waals surface area (Å²) in [4.78, 5) is 0.252. The number of nitrogens with two attached hydrogens (primary N) is 1. The van der Waals surface area contributed by atoms with Gasteiger partial charge in [-0.2, -0.15) is 0 Å². The maximum absolute atomic E-state index is 12.2. The molecule has 4 nitrogen and oxygen atoms in total. The van der Waals surface area contributed by atoms with Crippen LogP contribution in [0.3, 0.4) is 0 Å². The smallest absolute Gasteiger partial charge is 0.240 e. The number of benzene rings is 1. The molecule has 0 saturated heterocycles. The number of rotatable bonds is 7. The van der Waals surface area contributed by atoms with Crippen molar-refractivity contribution in [1.29, 1.82) is 0 Å². The van der Waals surface area contributed by atoms with Gasteiger partial charge < -0.3 is 5.73 Å². The van der Waals surface area contributed by atoms with Crippen LogP contribution in [0.2, 0.25) is 0 Å². The topological polar surface area (TPSA) is 72.2 Å². The van der Waals surface area contributed by atoms with E-state index in [1.807, 2.05) is 0 Å². The van der Waals surface area contributed by atoms with Crippen LogP contribution in [-0.2, 0) is 10.0 Å². The molecule has 0 fully saturated rings. The molecule has 0 aliphatic rings. The van der Waals surface area contributed by atoms with Crippen LogP contribution in [-0.4, -0.2) is 15.0 Å². The van der Waals surface area contributed by atoms with Crippen molar-refractivity contribution in [2.45, 2.75) is 44.9 Å². The van der Waals surface area contributed by atoms with Crippen molar-refractivity contribution in [1.82, 2.24) is 4.72 Å². The van der Waals surface area contributed by atoms with Crippen LogP contribution in [0.25, 0.3) is 0 Å². The average Bonchev–Trinajstić information content (AvgIpc) is 2.32. The lowest BCUT2D eigenvalue weighted by Crippen LogP contribution is -2.25. The first-order valence-electron chi connectivity index (χ1n) is 6.79. The zero-order chi connectivity index (χ0) is 15.3. The third kappa shape index (κ3) is 5.07. The fourth-order valence-electron chi connectivity index (χ4n) is 1.92. The summed E-state index contributed by atoms with van der Waals surface area (Å²) in [6.07, 6.45) is 3.00. The van der Waals surface area contributed by atoms with Gasteiger partial charge in [0.05, 0.1) is 4.90 Å². The van der Waals surface area contributed by atoms with E-state index in [9.17, 15) is 8.42 Å². The van der Waals surface area contributed by atoms with Crippen LogP contribution >= 0.6 is 15.9 Å². The molecule has 0 bridgehead atoms. The molecule has 0 aliphatic heterocycles. The average molecular weight is 363 g/mol. The second kappa shape index (κ2) is 7.43. The molecule has 1 rings (SSSR count). The van der Waals surface area contributed by atoms with Gasteiger partial charge in [-0.1, -0.05) is 26.7 Å². The summed E-state index contributed by atoms with van der Waals surface area (Å²) in [6, 6.07) is 3.22. The molecule has 0 unspecified atom stereocenters. The minimum Gasteiger partial charge on any atom is -0.398 e. The molecule has 1 aromatic rings. The van der Waals surface area contributed by atoms with E-state index in [0.717, 1.165) is 19.3 Å². The van der Waals surface area contributed by atoms with Crippen molar-refractivity contribution < 1.29 is 8.42 Å². The van der Waals surface area contributed by atoms with E-state index in [4.69, 9.17) is 5.73 Å². The summed E-state index contributed by atoms with van der Waals surface area (Å²) in [6.45, 7) is 6.55. The summed E-state index contributed by atoms with van der Waals surface area (Å²) in [5.41, 5.74) is 6.86. The second-order valence-electron chi connectivity index (χ2n) is 5.43. The maximum Gasteiger partial charge on any atom is 0.240 e. The number of hydrogen-bond donors (Lipinski definition) is 2. The quantitative estimate of drug-likeness (QED) is 0.576. The number of unbranched alkanes of at least 4 members (excludes halogenated alkanes) is 1. The zero-order valence-corrected chi connectivity index (χ0v) is 14.6. The van der Waals surface area contributed by atoms with Crippen LogP contribution in [0.1, 0.15) is 38.7 Å². The lowest BCUT2D eigenvalue weighted by atomic mass is 10.1. The number of nitrogen functional groups attached to an aromatic ring is 1. The van der Waals surface area contributed by atoms with Crippen molar-refractivity contribution in [3.8, 4) is 0 Å². The number of sulfonamides is 1. The predicted octanol–water partition coefficient (Wildman–Crippen LogP) is 3.44. The molecular weight excluding hydrogens is 340 g/mol. The summed E-state index contributed by atoms with van der Waals surface area (Å²) in [7, 11) is -3.48. The van der Waals surface area contributed by atoms with E-state index >= 15 is 0 Å². The monoisotopic (exact) mass is 362 g/mol. The number of anilines is 1. The summed E-state index contributed by atoms with van der Waals surface area (Å²) < 4.78 is 27.8. The van der Waals surface area contributed by atoms with Crippen molar-refractivity contribution in [2.24, 2.45) is 5.92 Å². The zero-order valence-electron chi connectivity index (χ0n) is 12.2. The van der Waals surface area contributed by atoms with E-state index in [-0.39, 0.29) is 4.90 Å². The van der Waals surface area contributed by atoms with Crippen LogP contribution in [0.5, 0.6) is 0 Å². The molecule has 114 valence electrons. The molecule has 0 aliphatic carbocycles. The molecule has 6 heteroatoms. The van der Waals surface area contributed by atoms with Gasteiger partial charge in [0.25, 0.3) is 0 Å². The minimum atomic E-state index is -3.48. The normalized spacial score (nSPS) is 12.1. The SMILES string of the molecule is Cc1cc(Br)c(N)cc1S(=O)(=O)NCCCCC(C)C. The number of aryl methyl sites for hydroxylation is 1. The molecule has 0 aromatic heterocycles. The van der Waals surface area contributed by atoms with E-state index in [0.29, 0.717) is 28.2 Å². The fraction of sp³-hybridized carbons (Fsp3) is 0.571. The van der Waals surface area contributed by atoms with Gasteiger partial charge in [-0.05, 0) is 52.9 Å². The second-order valence-corrected chi connectivity index (χ2v) is 8.02. The Hall–Kier alpha value is -0.590. The molecule has 0 amide bonds. The van der Waals surface area contributed by atoms with Gasteiger partial charge in [0.1, 0.15) is 0 Å². The lowest BCUT2D eigenvalue weighted by molar-refractivity contribution is 0.530. The highest BCUT2D eigenvalue weighted by Gasteiger charge is 2.17. The van der Waals surface area contributed by atoms with E-state index < -0.39 is 10.0 Å². The molecule has 20 heavy (non-hydrogen) atoms. The van der Waals surface area contributed by atoms with Crippen molar-refractivity contribution in [3.05, 3.63) is 22.2 Å². The van der Waals surface area contributed by atoms with E-state index in [2.05, 4.69) is 34.5 Å². The van der Waals surface area contributed by atoms with Gasteiger partial charge in [0.2, 0.25) is 10.0 Å². The molecule has 3 N–H and O–H groups in total. The first-order valence-corrected chi connectivity index (χ1v) is 9.07. The van der Waals surface area contributed by atoms with Gasteiger partial charge in [0, 0.05) is 16.7 Å². The molecule has 0 radical (unpaired) electrons. The minimum absolute atomic E-state index is 0.252. The third-order valence-corrected chi connectivity index (χ3v) is 5.37. The highest BCUT2D eigenvalue weighted by Crippen LogP contribution is 2.26. The van der Waals surface area contributed by atoms with Crippen LogP contribution in [0.4, 0.5) is 5.69 Å². The standard InChI is InChI=1S/C14H23BrN2O2S/c1-10(2)6-4-5-7-17-20(18,19)14-9-13(16)12(15)8-11(14)3/h8-10,17H,4-7,16H2,1-3H3. The lowest BCUT2D eigenvalue weighted by Gasteiger charge is -2.11. The first-order chi connectivity index (χ1) is 9.24. The Bertz CT molecular complexity index is 557. The Morgan fingerprint density at radius 1 is 1.30 bits per heavy atom. The Morgan fingerprint density at radius 3 is 2.55 bits per heavy atom. The largest absolute Gasteiger partial charge is 0.398 e. The Kier molecular flexibility index (Phi) is 6.48. The molecular formula is C14H23BrN2O2S. The van der Waals surface area contributed by atoms with Gasteiger partial charge in [-0.15, -0.1) is 0 Å². The van der Waals surface area contributed by atoms with Crippen LogP contribution < -0.4 is 10.5 Å². The van der Waals surface area contributed by atoms with Gasteiger partial charge in [-0.25, -0.2) is 13.1 Å².